The number of benzene rings is 1. The SMILES string of the molecule is CC(N)Cc1ccc(Br)c2c1OCCO2. The first kappa shape index (κ1) is 10.8. The van der Waals surface area contributed by atoms with Gasteiger partial charge in [0.2, 0.25) is 0 Å². The van der Waals surface area contributed by atoms with Crippen LogP contribution in [0.3, 0.4) is 0 Å². The molecular formula is C11H14BrNO2. The maximum atomic E-state index is 5.79. The molecule has 3 nitrogen and oxygen atoms in total. The van der Waals surface area contributed by atoms with E-state index in [4.69, 9.17) is 15.2 Å². The van der Waals surface area contributed by atoms with E-state index in [0.717, 1.165) is 28.0 Å². The maximum Gasteiger partial charge on any atom is 0.175 e. The van der Waals surface area contributed by atoms with Crippen LogP contribution in [-0.4, -0.2) is 19.3 Å². The molecule has 0 saturated carbocycles. The number of rotatable bonds is 2. The van der Waals surface area contributed by atoms with Gasteiger partial charge < -0.3 is 15.2 Å². The molecule has 1 aromatic carbocycles. The number of hydrogen-bond acceptors (Lipinski definition) is 3. The summed E-state index contributed by atoms with van der Waals surface area (Å²) in [5, 5.41) is 0. The van der Waals surface area contributed by atoms with Crippen molar-refractivity contribution < 1.29 is 9.47 Å². The monoisotopic (exact) mass is 271 g/mol. The van der Waals surface area contributed by atoms with E-state index in [1.54, 1.807) is 0 Å². The number of fused-ring (bicyclic) bond motifs is 1. The lowest BCUT2D eigenvalue weighted by atomic mass is 10.1. The van der Waals surface area contributed by atoms with Crippen molar-refractivity contribution in [2.24, 2.45) is 5.73 Å². The fourth-order valence-electron chi connectivity index (χ4n) is 1.67. The Bertz CT molecular complexity index is 366. The predicted octanol–water partition coefficient (Wildman–Crippen LogP) is 2.11. The molecule has 1 aliphatic rings. The highest BCUT2D eigenvalue weighted by atomic mass is 79.9. The van der Waals surface area contributed by atoms with Gasteiger partial charge in [-0.25, -0.2) is 0 Å². The summed E-state index contributed by atoms with van der Waals surface area (Å²) in [4.78, 5) is 0. The maximum absolute atomic E-state index is 5.79. The zero-order chi connectivity index (χ0) is 10.8. The topological polar surface area (TPSA) is 44.5 Å². The van der Waals surface area contributed by atoms with E-state index in [2.05, 4.69) is 15.9 Å². The Hall–Kier alpha value is -0.740. The Labute approximate surface area is 97.7 Å². The molecule has 1 aromatic rings. The van der Waals surface area contributed by atoms with Crippen molar-refractivity contribution in [3.63, 3.8) is 0 Å². The Morgan fingerprint density at radius 3 is 2.67 bits per heavy atom. The molecule has 4 heteroatoms. The van der Waals surface area contributed by atoms with Gasteiger partial charge in [0.1, 0.15) is 13.2 Å². The third kappa shape index (κ3) is 2.26. The zero-order valence-corrected chi connectivity index (χ0v) is 10.2. The molecule has 1 heterocycles. The summed E-state index contributed by atoms with van der Waals surface area (Å²) < 4.78 is 12.1. The lowest BCUT2D eigenvalue weighted by Crippen LogP contribution is -2.21. The molecule has 2 rings (SSSR count). The molecule has 0 spiro atoms. The van der Waals surface area contributed by atoms with Gasteiger partial charge in [-0.15, -0.1) is 0 Å². The van der Waals surface area contributed by atoms with Crippen molar-refractivity contribution in [2.75, 3.05) is 13.2 Å². The van der Waals surface area contributed by atoms with Crippen LogP contribution in [0.4, 0.5) is 0 Å². The normalized spacial score (nSPS) is 16.2. The molecule has 1 atom stereocenters. The first-order chi connectivity index (χ1) is 7.18. The largest absolute Gasteiger partial charge is 0.486 e. The second kappa shape index (κ2) is 4.41. The van der Waals surface area contributed by atoms with Crippen LogP contribution in [0.1, 0.15) is 12.5 Å². The van der Waals surface area contributed by atoms with Gasteiger partial charge in [0, 0.05) is 6.04 Å². The van der Waals surface area contributed by atoms with E-state index >= 15 is 0 Å². The first-order valence-corrected chi connectivity index (χ1v) is 5.80. The molecule has 15 heavy (non-hydrogen) atoms. The minimum Gasteiger partial charge on any atom is -0.486 e. The standard InChI is InChI=1S/C11H14BrNO2/c1-7(13)6-8-2-3-9(12)11-10(8)14-4-5-15-11/h2-3,7H,4-6,13H2,1H3. The Morgan fingerprint density at radius 2 is 2.00 bits per heavy atom. The third-order valence-electron chi connectivity index (χ3n) is 2.26. The lowest BCUT2D eigenvalue weighted by molar-refractivity contribution is 0.168. The quantitative estimate of drug-likeness (QED) is 0.896. The second-order valence-corrected chi connectivity index (χ2v) is 4.60. The first-order valence-electron chi connectivity index (χ1n) is 5.01. The predicted molar refractivity (Wildman–Crippen MR) is 62.5 cm³/mol. The highest BCUT2D eigenvalue weighted by Gasteiger charge is 2.19. The molecule has 0 amide bonds. The van der Waals surface area contributed by atoms with E-state index in [9.17, 15) is 0 Å². The van der Waals surface area contributed by atoms with Gasteiger partial charge in [-0.1, -0.05) is 6.07 Å². The third-order valence-corrected chi connectivity index (χ3v) is 2.89. The van der Waals surface area contributed by atoms with E-state index in [-0.39, 0.29) is 6.04 Å². The van der Waals surface area contributed by atoms with E-state index in [0.29, 0.717) is 13.2 Å². The lowest BCUT2D eigenvalue weighted by Gasteiger charge is -2.22. The molecule has 0 saturated heterocycles. The second-order valence-electron chi connectivity index (χ2n) is 3.74. The van der Waals surface area contributed by atoms with Crippen LogP contribution in [0, 0.1) is 0 Å². The Balaban J connectivity index is 2.39. The van der Waals surface area contributed by atoms with Gasteiger partial charge in [0.15, 0.2) is 11.5 Å². The number of hydrogen-bond donors (Lipinski definition) is 1. The number of nitrogens with two attached hydrogens (primary N) is 1. The smallest absolute Gasteiger partial charge is 0.175 e. The Kier molecular flexibility index (Phi) is 3.17. The summed E-state index contributed by atoms with van der Waals surface area (Å²) in [7, 11) is 0. The summed E-state index contributed by atoms with van der Waals surface area (Å²) in [5.74, 6) is 1.65. The Morgan fingerprint density at radius 1 is 1.33 bits per heavy atom. The molecule has 0 bridgehead atoms. The summed E-state index contributed by atoms with van der Waals surface area (Å²) >= 11 is 3.45. The summed E-state index contributed by atoms with van der Waals surface area (Å²) in [6, 6.07) is 4.13. The van der Waals surface area contributed by atoms with Crippen molar-refractivity contribution in [3.8, 4) is 11.5 Å². The minimum absolute atomic E-state index is 0.126. The molecule has 0 radical (unpaired) electrons. The van der Waals surface area contributed by atoms with E-state index < -0.39 is 0 Å². The molecule has 2 N–H and O–H groups in total. The van der Waals surface area contributed by atoms with E-state index in [1.807, 2.05) is 19.1 Å². The fraction of sp³-hybridized carbons (Fsp3) is 0.455. The molecule has 1 unspecified atom stereocenters. The van der Waals surface area contributed by atoms with Crippen molar-refractivity contribution in [2.45, 2.75) is 19.4 Å². The van der Waals surface area contributed by atoms with Crippen LogP contribution in [0.15, 0.2) is 16.6 Å². The zero-order valence-electron chi connectivity index (χ0n) is 8.63. The average Bonchev–Trinajstić information content (AvgIpc) is 2.22. The van der Waals surface area contributed by atoms with Crippen molar-refractivity contribution in [3.05, 3.63) is 22.2 Å². The molecule has 82 valence electrons. The van der Waals surface area contributed by atoms with Crippen LogP contribution in [0.25, 0.3) is 0 Å². The van der Waals surface area contributed by atoms with Crippen molar-refractivity contribution in [1.29, 1.82) is 0 Å². The minimum atomic E-state index is 0.126. The number of halogens is 1. The van der Waals surface area contributed by atoms with Crippen LogP contribution in [-0.2, 0) is 6.42 Å². The summed E-state index contributed by atoms with van der Waals surface area (Å²) in [5.41, 5.74) is 6.90. The highest BCUT2D eigenvalue weighted by molar-refractivity contribution is 9.10. The molecular weight excluding hydrogens is 258 g/mol. The van der Waals surface area contributed by atoms with Gasteiger partial charge >= 0.3 is 0 Å². The van der Waals surface area contributed by atoms with Gasteiger partial charge in [0.25, 0.3) is 0 Å². The van der Waals surface area contributed by atoms with Gasteiger partial charge in [-0.3, -0.25) is 0 Å². The summed E-state index contributed by atoms with van der Waals surface area (Å²) in [6.45, 7) is 3.20. The van der Waals surface area contributed by atoms with Crippen LogP contribution < -0.4 is 15.2 Å². The van der Waals surface area contributed by atoms with Crippen LogP contribution in [0.2, 0.25) is 0 Å². The van der Waals surface area contributed by atoms with Crippen molar-refractivity contribution in [1.82, 2.24) is 0 Å². The summed E-state index contributed by atoms with van der Waals surface area (Å²) in [6.07, 6.45) is 0.805. The van der Waals surface area contributed by atoms with Gasteiger partial charge in [-0.05, 0) is 40.9 Å². The average molecular weight is 272 g/mol. The van der Waals surface area contributed by atoms with Crippen LogP contribution >= 0.6 is 15.9 Å². The number of ether oxygens (including phenoxy) is 2. The van der Waals surface area contributed by atoms with Gasteiger partial charge in [-0.2, -0.15) is 0 Å². The highest BCUT2D eigenvalue weighted by Crippen LogP contribution is 2.40. The molecule has 0 aliphatic carbocycles. The van der Waals surface area contributed by atoms with Crippen LogP contribution in [0.5, 0.6) is 11.5 Å². The molecule has 0 aromatic heterocycles. The fourth-order valence-corrected chi connectivity index (χ4v) is 2.09. The van der Waals surface area contributed by atoms with E-state index in [1.165, 1.54) is 0 Å². The molecule has 0 fully saturated rings. The van der Waals surface area contributed by atoms with Crippen molar-refractivity contribution >= 4 is 15.9 Å². The van der Waals surface area contributed by atoms with Gasteiger partial charge in [0.05, 0.1) is 4.47 Å². The molecule has 1 aliphatic heterocycles.